The van der Waals surface area contributed by atoms with Crippen LogP contribution in [-0.2, 0) is 4.79 Å². The highest BCUT2D eigenvalue weighted by Crippen LogP contribution is 2.23. The van der Waals surface area contributed by atoms with Gasteiger partial charge in [0, 0.05) is 37.3 Å². The number of amides is 2. The fourth-order valence-electron chi connectivity index (χ4n) is 3.38. The lowest BCUT2D eigenvalue weighted by molar-refractivity contribution is -0.120. The molecule has 3 aromatic rings. The average molecular weight is 379 g/mol. The molecule has 1 aromatic carbocycles. The van der Waals surface area contributed by atoms with E-state index in [1.165, 1.54) is 0 Å². The van der Waals surface area contributed by atoms with E-state index in [-0.39, 0.29) is 17.7 Å². The number of nitrogens with zero attached hydrogens (tertiary/aromatic N) is 5. The molecule has 2 aromatic heterocycles. The number of hydrogen-bond donors (Lipinski definition) is 2. The molecule has 0 radical (unpaired) electrons. The van der Waals surface area contributed by atoms with E-state index in [0.717, 1.165) is 31.7 Å². The van der Waals surface area contributed by atoms with Crippen molar-refractivity contribution in [3.63, 3.8) is 0 Å². The number of nitrogens with one attached hydrogen (secondary N) is 2. The molecule has 2 N–H and O–H groups in total. The molecule has 144 valence electrons. The largest absolute Gasteiger partial charge is 0.355 e. The van der Waals surface area contributed by atoms with Gasteiger partial charge in [-0.1, -0.05) is 6.07 Å². The second-order valence-corrected chi connectivity index (χ2v) is 6.74. The number of carbonyl (C=O) groups is 2. The Morgan fingerprint density at radius 2 is 1.96 bits per heavy atom. The van der Waals surface area contributed by atoms with Gasteiger partial charge in [0.1, 0.15) is 12.1 Å². The summed E-state index contributed by atoms with van der Waals surface area (Å²) in [4.78, 5) is 26.5. The van der Waals surface area contributed by atoms with Crippen molar-refractivity contribution in [3.8, 4) is 0 Å². The summed E-state index contributed by atoms with van der Waals surface area (Å²) >= 11 is 0. The zero-order valence-electron chi connectivity index (χ0n) is 15.5. The number of piperidine rings is 1. The Morgan fingerprint density at radius 1 is 1.14 bits per heavy atom. The fraction of sp³-hybridized carbons (Fsp3) is 0.316. The molecule has 1 aliphatic rings. The van der Waals surface area contributed by atoms with Crippen molar-refractivity contribution in [1.82, 2.24) is 25.1 Å². The lowest BCUT2D eigenvalue weighted by atomic mass is 9.95. The van der Waals surface area contributed by atoms with Crippen molar-refractivity contribution < 1.29 is 9.59 Å². The van der Waals surface area contributed by atoms with E-state index < -0.39 is 0 Å². The highest BCUT2D eigenvalue weighted by molar-refractivity contribution is 5.97. The summed E-state index contributed by atoms with van der Waals surface area (Å²) < 4.78 is 1.65. The van der Waals surface area contributed by atoms with Crippen molar-refractivity contribution in [1.29, 1.82) is 0 Å². The maximum atomic E-state index is 12.6. The van der Waals surface area contributed by atoms with Crippen LogP contribution in [0, 0.1) is 5.92 Å². The standard InChI is InChI=1S/C19H21N7O2/c1-20-18(27)14-3-2-4-15(11-14)22-19(28)13-7-9-25(10-8-13)17-6-5-16-23-21-12-26(16)24-17/h2-6,11-13H,7-10H2,1H3,(H,20,27)(H,22,28). The predicted octanol–water partition coefficient (Wildman–Crippen LogP) is 1.34. The first kappa shape index (κ1) is 17.9. The van der Waals surface area contributed by atoms with Gasteiger partial charge in [-0.05, 0) is 43.2 Å². The quantitative estimate of drug-likeness (QED) is 0.709. The Bertz CT molecular complexity index is 1010. The van der Waals surface area contributed by atoms with Crippen molar-refractivity contribution >= 4 is 29.0 Å². The molecule has 1 fully saturated rings. The minimum Gasteiger partial charge on any atom is -0.355 e. The van der Waals surface area contributed by atoms with Crippen LogP contribution in [0.15, 0.2) is 42.7 Å². The number of rotatable bonds is 4. The molecule has 0 spiro atoms. The molecular formula is C19H21N7O2. The summed E-state index contributed by atoms with van der Waals surface area (Å²) in [5, 5.41) is 17.8. The minimum absolute atomic E-state index is 0.0177. The summed E-state index contributed by atoms with van der Waals surface area (Å²) in [6, 6.07) is 10.8. The SMILES string of the molecule is CNC(=O)c1cccc(NC(=O)C2CCN(c3ccc4nncn4n3)CC2)c1. The lowest BCUT2D eigenvalue weighted by Gasteiger charge is -2.32. The predicted molar refractivity (Wildman–Crippen MR) is 104 cm³/mol. The molecule has 0 saturated carbocycles. The number of anilines is 2. The Hall–Kier alpha value is -3.49. The normalized spacial score (nSPS) is 14.8. The number of fused-ring (bicyclic) bond motifs is 1. The maximum absolute atomic E-state index is 12.6. The molecule has 4 rings (SSSR count). The molecule has 9 heteroatoms. The Labute approximate surface area is 161 Å². The van der Waals surface area contributed by atoms with Gasteiger partial charge in [-0.2, -0.15) is 4.52 Å². The summed E-state index contributed by atoms with van der Waals surface area (Å²) in [5.41, 5.74) is 1.86. The second-order valence-electron chi connectivity index (χ2n) is 6.74. The average Bonchev–Trinajstić information content (AvgIpc) is 3.21. The number of benzene rings is 1. The van der Waals surface area contributed by atoms with Gasteiger partial charge >= 0.3 is 0 Å². The lowest BCUT2D eigenvalue weighted by Crippen LogP contribution is -2.38. The van der Waals surface area contributed by atoms with Gasteiger partial charge in [0.2, 0.25) is 5.91 Å². The van der Waals surface area contributed by atoms with Crippen LogP contribution in [0.3, 0.4) is 0 Å². The molecule has 0 aliphatic carbocycles. The fourth-order valence-corrected chi connectivity index (χ4v) is 3.38. The summed E-state index contributed by atoms with van der Waals surface area (Å²) in [6.07, 6.45) is 3.05. The van der Waals surface area contributed by atoms with E-state index in [0.29, 0.717) is 16.9 Å². The first-order valence-electron chi connectivity index (χ1n) is 9.19. The highest BCUT2D eigenvalue weighted by atomic mass is 16.2. The zero-order valence-corrected chi connectivity index (χ0v) is 15.5. The van der Waals surface area contributed by atoms with Crippen LogP contribution >= 0.6 is 0 Å². The molecule has 1 saturated heterocycles. The Balaban J connectivity index is 1.36. The number of hydrogen-bond acceptors (Lipinski definition) is 6. The van der Waals surface area contributed by atoms with Gasteiger partial charge < -0.3 is 15.5 Å². The zero-order chi connectivity index (χ0) is 19.5. The van der Waals surface area contributed by atoms with Crippen molar-refractivity contribution in [2.24, 2.45) is 5.92 Å². The third-order valence-corrected chi connectivity index (χ3v) is 4.96. The molecule has 0 atom stereocenters. The van der Waals surface area contributed by atoms with Crippen LogP contribution in [0.2, 0.25) is 0 Å². The first-order valence-corrected chi connectivity index (χ1v) is 9.19. The topological polar surface area (TPSA) is 105 Å². The smallest absolute Gasteiger partial charge is 0.251 e. The van der Waals surface area contributed by atoms with Gasteiger partial charge in [-0.3, -0.25) is 9.59 Å². The van der Waals surface area contributed by atoms with Crippen molar-refractivity contribution in [2.75, 3.05) is 30.4 Å². The molecule has 1 aliphatic heterocycles. The molecular weight excluding hydrogens is 358 g/mol. The third-order valence-electron chi connectivity index (χ3n) is 4.96. The van der Waals surface area contributed by atoms with E-state index in [1.807, 2.05) is 12.1 Å². The third kappa shape index (κ3) is 3.64. The number of aromatic nitrogens is 4. The number of carbonyl (C=O) groups excluding carboxylic acids is 2. The van der Waals surface area contributed by atoms with Crippen LogP contribution in [0.5, 0.6) is 0 Å². The molecule has 9 nitrogen and oxygen atoms in total. The van der Waals surface area contributed by atoms with E-state index in [4.69, 9.17) is 0 Å². The monoisotopic (exact) mass is 379 g/mol. The molecule has 0 bridgehead atoms. The second kappa shape index (κ2) is 7.63. The van der Waals surface area contributed by atoms with Crippen LogP contribution in [0.1, 0.15) is 23.2 Å². The minimum atomic E-state index is -0.179. The molecule has 3 heterocycles. The van der Waals surface area contributed by atoms with Gasteiger partial charge in [0.05, 0.1) is 0 Å². The van der Waals surface area contributed by atoms with E-state index in [1.54, 1.807) is 42.2 Å². The summed E-state index contributed by atoms with van der Waals surface area (Å²) in [7, 11) is 1.58. The first-order chi connectivity index (χ1) is 13.6. The van der Waals surface area contributed by atoms with E-state index >= 15 is 0 Å². The van der Waals surface area contributed by atoms with Gasteiger partial charge in [0.15, 0.2) is 5.65 Å². The van der Waals surface area contributed by atoms with Gasteiger partial charge in [-0.15, -0.1) is 15.3 Å². The molecule has 28 heavy (non-hydrogen) atoms. The Morgan fingerprint density at radius 3 is 2.75 bits per heavy atom. The molecule has 2 amide bonds. The van der Waals surface area contributed by atoms with Crippen molar-refractivity contribution in [3.05, 3.63) is 48.3 Å². The maximum Gasteiger partial charge on any atom is 0.251 e. The van der Waals surface area contributed by atoms with Crippen LogP contribution in [0.25, 0.3) is 5.65 Å². The van der Waals surface area contributed by atoms with Crippen molar-refractivity contribution in [2.45, 2.75) is 12.8 Å². The van der Waals surface area contributed by atoms with Crippen LogP contribution in [0.4, 0.5) is 11.5 Å². The highest BCUT2D eigenvalue weighted by Gasteiger charge is 2.26. The van der Waals surface area contributed by atoms with Crippen LogP contribution < -0.4 is 15.5 Å². The van der Waals surface area contributed by atoms with E-state index in [2.05, 4.69) is 30.8 Å². The van der Waals surface area contributed by atoms with Gasteiger partial charge in [-0.25, -0.2) is 0 Å². The summed E-state index contributed by atoms with van der Waals surface area (Å²) in [6.45, 7) is 1.49. The Kier molecular flexibility index (Phi) is 4.88. The van der Waals surface area contributed by atoms with Gasteiger partial charge in [0.25, 0.3) is 5.91 Å². The molecule has 0 unspecified atom stereocenters. The van der Waals surface area contributed by atoms with Crippen LogP contribution in [-0.4, -0.2) is 51.8 Å². The van der Waals surface area contributed by atoms with E-state index in [9.17, 15) is 9.59 Å². The summed E-state index contributed by atoms with van der Waals surface area (Å²) in [5.74, 6) is 0.584.